The quantitative estimate of drug-likeness (QED) is 0.857. The molecule has 28 heavy (non-hydrogen) atoms. The summed E-state index contributed by atoms with van der Waals surface area (Å²) in [6.07, 6.45) is 6.97. The molecule has 1 unspecified atom stereocenters. The van der Waals surface area contributed by atoms with Gasteiger partial charge in [0.2, 0.25) is 5.95 Å². The average Bonchev–Trinajstić information content (AvgIpc) is 2.91. The molecule has 2 aliphatic rings. The van der Waals surface area contributed by atoms with E-state index in [2.05, 4.69) is 27.4 Å². The third-order valence-electron chi connectivity index (χ3n) is 5.15. The highest BCUT2D eigenvalue weighted by molar-refractivity contribution is 5.93. The van der Waals surface area contributed by atoms with Gasteiger partial charge >= 0.3 is 0 Å². The minimum absolute atomic E-state index is 0.0785. The van der Waals surface area contributed by atoms with Gasteiger partial charge < -0.3 is 19.7 Å². The van der Waals surface area contributed by atoms with Crippen molar-refractivity contribution in [2.24, 2.45) is 0 Å². The van der Waals surface area contributed by atoms with E-state index >= 15 is 0 Å². The normalized spacial score (nSPS) is 19.0. The molecule has 1 aromatic heterocycles. The molecule has 1 fully saturated rings. The summed E-state index contributed by atoms with van der Waals surface area (Å²) in [7, 11) is 0. The van der Waals surface area contributed by atoms with Crippen LogP contribution in [-0.2, 0) is 17.6 Å². The van der Waals surface area contributed by atoms with Gasteiger partial charge in [-0.3, -0.25) is 4.79 Å². The number of aromatic nitrogens is 2. The summed E-state index contributed by atoms with van der Waals surface area (Å²) in [6, 6.07) is 6.52. The van der Waals surface area contributed by atoms with Crippen LogP contribution in [0.5, 0.6) is 5.75 Å². The summed E-state index contributed by atoms with van der Waals surface area (Å²) < 4.78 is 11.0. The van der Waals surface area contributed by atoms with Gasteiger partial charge in [-0.25, -0.2) is 9.97 Å². The lowest BCUT2D eigenvalue weighted by atomic mass is 10.1. The number of hydrogen-bond acceptors (Lipinski definition) is 6. The zero-order valence-corrected chi connectivity index (χ0v) is 16.2. The van der Waals surface area contributed by atoms with Gasteiger partial charge in [-0.05, 0) is 55.9 Å². The van der Waals surface area contributed by atoms with E-state index in [-0.39, 0.29) is 11.9 Å². The lowest BCUT2D eigenvalue weighted by molar-refractivity contribution is 0.0368. The monoisotopic (exact) mass is 382 g/mol. The molecule has 1 amide bonds. The second-order valence-electron chi connectivity index (χ2n) is 7.22. The van der Waals surface area contributed by atoms with Crippen LogP contribution in [0, 0.1) is 0 Å². The van der Waals surface area contributed by atoms with Gasteiger partial charge in [-0.1, -0.05) is 6.07 Å². The third kappa shape index (κ3) is 4.25. The lowest BCUT2D eigenvalue weighted by Gasteiger charge is -2.19. The molecule has 7 heteroatoms. The molecule has 148 valence electrons. The Hall–Kier alpha value is -2.67. The fourth-order valence-electron chi connectivity index (χ4n) is 3.74. The Kier molecular flexibility index (Phi) is 5.71. The van der Waals surface area contributed by atoms with Gasteiger partial charge in [-0.15, -0.1) is 0 Å². The molecule has 4 rings (SSSR count). The number of ether oxygens (including phenoxy) is 2. The summed E-state index contributed by atoms with van der Waals surface area (Å²) >= 11 is 0. The van der Waals surface area contributed by atoms with Crippen molar-refractivity contribution in [2.45, 2.75) is 38.6 Å². The molecule has 2 heterocycles. The summed E-state index contributed by atoms with van der Waals surface area (Å²) in [5.41, 5.74) is 3.12. The predicted molar refractivity (Wildman–Crippen MR) is 106 cm³/mol. The predicted octanol–water partition coefficient (Wildman–Crippen LogP) is 2.66. The van der Waals surface area contributed by atoms with Crippen LogP contribution in [-0.4, -0.2) is 53.3 Å². The smallest absolute Gasteiger partial charge is 0.258 e. The maximum Gasteiger partial charge on any atom is 0.258 e. The molecule has 0 bridgehead atoms. The molecule has 0 spiro atoms. The first-order chi connectivity index (χ1) is 13.7. The molecule has 1 atom stereocenters. The van der Waals surface area contributed by atoms with Crippen LogP contribution >= 0.6 is 0 Å². The Morgan fingerprint density at radius 2 is 2.07 bits per heavy atom. The van der Waals surface area contributed by atoms with Crippen molar-refractivity contribution < 1.29 is 14.3 Å². The molecule has 2 aromatic rings. The van der Waals surface area contributed by atoms with E-state index in [9.17, 15) is 4.79 Å². The first kappa shape index (κ1) is 18.7. The largest absolute Gasteiger partial charge is 0.494 e. The van der Waals surface area contributed by atoms with Crippen molar-refractivity contribution in [3.8, 4) is 5.75 Å². The number of anilines is 1. The molecule has 1 aromatic carbocycles. The van der Waals surface area contributed by atoms with E-state index in [0.717, 1.165) is 31.4 Å². The van der Waals surface area contributed by atoms with E-state index in [4.69, 9.17) is 9.47 Å². The summed E-state index contributed by atoms with van der Waals surface area (Å²) in [5.74, 6) is 1.38. The fraction of sp³-hybridized carbons (Fsp3) is 0.476. The van der Waals surface area contributed by atoms with Crippen molar-refractivity contribution in [1.82, 2.24) is 14.9 Å². The maximum absolute atomic E-state index is 12.6. The van der Waals surface area contributed by atoms with Crippen molar-refractivity contribution in [1.29, 1.82) is 0 Å². The molecule has 7 nitrogen and oxygen atoms in total. The highest BCUT2D eigenvalue weighted by atomic mass is 16.5. The minimum Gasteiger partial charge on any atom is -0.494 e. The number of hydrogen-bond donors (Lipinski definition) is 1. The Bertz CT molecular complexity index is 817. The number of fused-ring (bicyclic) bond motifs is 1. The van der Waals surface area contributed by atoms with Crippen LogP contribution in [0.25, 0.3) is 0 Å². The summed E-state index contributed by atoms with van der Waals surface area (Å²) in [6.45, 7) is 4.41. The average molecular weight is 382 g/mol. The first-order valence-electron chi connectivity index (χ1n) is 9.93. The Morgan fingerprint density at radius 1 is 1.25 bits per heavy atom. The van der Waals surface area contributed by atoms with Crippen molar-refractivity contribution >= 4 is 11.9 Å². The Labute approximate surface area is 165 Å². The standard InChI is InChI=1S/C21H26N4O3/c1-2-28-19-6-5-15-9-18(10-16(15)11-19)24-21-22-12-17(13-23-21)20(26)25-7-3-4-8-27-14-25/h5-6,11-13,18H,2-4,7-10,14H2,1H3,(H,22,23,24). The molecular weight excluding hydrogens is 356 g/mol. The third-order valence-corrected chi connectivity index (χ3v) is 5.15. The highest BCUT2D eigenvalue weighted by Crippen LogP contribution is 2.27. The maximum atomic E-state index is 12.6. The van der Waals surface area contributed by atoms with Gasteiger partial charge in [-0.2, -0.15) is 0 Å². The van der Waals surface area contributed by atoms with E-state index < -0.39 is 0 Å². The molecule has 1 aliphatic heterocycles. The van der Waals surface area contributed by atoms with Crippen LogP contribution in [0.3, 0.4) is 0 Å². The second kappa shape index (κ2) is 8.56. The first-order valence-corrected chi connectivity index (χ1v) is 9.93. The molecule has 1 saturated heterocycles. The van der Waals surface area contributed by atoms with Crippen molar-refractivity contribution in [3.63, 3.8) is 0 Å². The SMILES string of the molecule is CCOc1ccc2c(c1)CC(Nc1ncc(C(=O)N3CCCCOC3)cn1)C2. The van der Waals surface area contributed by atoms with E-state index in [1.165, 1.54) is 11.1 Å². The number of benzene rings is 1. The van der Waals surface area contributed by atoms with Gasteiger partial charge in [0.25, 0.3) is 5.91 Å². The highest BCUT2D eigenvalue weighted by Gasteiger charge is 2.23. The van der Waals surface area contributed by atoms with Gasteiger partial charge in [0.05, 0.1) is 12.2 Å². The van der Waals surface area contributed by atoms with E-state index in [1.54, 1.807) is 17.3 Å². The molecule has 0 radical (unpaired) electrons. The van der Waals surface area contributed by atoms with Gasteiger partial charge in [0.15, 0.2) is 0 Å². The van der Waals surface area contributed by atoms with E-state index in [1.807, 2.05) is 13.0 Å². The number of amides is 1. The zero-order chi connectivity index (χ0) is 19.3. The molecular formula is C21H26N4O3. The van der Waals surface area contributed by atoms with Crippen LogP contribution in [0.15, 0.2) is 30.6 Å². The second-order valence-corrected chi connectivity index (χ2v) is 7.22. The van der Waals surface area contributed by atoms with Crippen LogP contribution < -0.4 is 10.1 Å². The van der Waals surface area contributed by atoms with Gasteiger partial charge in [0.1, 0.15) is 12.5 Å². The number of nitrogens with zero attached hydrogens (tertiary/aromatic N) is 3. The molecule has 1 N–H and O–H groups in total. The molecule has 0 saturated carbocycles. The lowest BCUT2D eigenvalue weighted by Crippen LogP contribution is -2.33. The number of carbonyl (C=O) groups is 1. The number of carbonyl (C=O) groups excluding carboxylic acids is 1. The summed E-state index contributed by atoms with van der Waals surface area (Å²) in [4.78, 5) is 23.0. The van der Waals surface area contributed by atoms with E-state index in [0.29, 0.717) is 38.0 Å². The summed E-state index contributed by atoms with van der Waals surface area (Å²) in [5, 5.41) is 3.38. The zero-order valence-electron chi connectivity index (χ0n) is 16.2. The minimum atomic E-state index is -0.0785. The molecule has 1 aliphatic carbocycles. The Balaban J connectivity index is 1.36. The van der Waals surface area contributed by atoms with Gasteiger partial charge in [0, 0.05) is 31.6 Å². The topological polar surface area (TPSA) is 76.6 Å². The van der Waals surface area contributed by atoms with Crippen LogP contribution in [0.2, 0.25) is 0 Å². The number of rotatable bonds is 5. The Morgan fingerprint density at radius 3 is 2.89 bits per heavy atom. The number of nitrogens with one attached hydrogen (secondary N) is 1. The fourth-order valence-corrected chi connectivity index (χ4v) is 3.74. The van der Waals surface area contributed by atoms with Crippen LogP contribution in [0.4, 0.5) is 5.95 Å². The van der Waals surface area contributed by atoms with Crippen molar-refractivity contribution in [2.75, 3.05) is 31.8 Å². The van der Waals surface area contributed by atoms with Crippen molar-refractivity contribution in [3.05, 3.63) is 47.3 Å². The van der Waals surface area contributed by atoms with Crippen LogP contribution in [0.1, 0.15) is 41.3 Å².